The molecule has 4 amide bonds. The second-order valence-electron chi connectivity index (χ2n) is 8.40. The average Bonchev–Trinajstić information content (AvgIpc) is 3.18. The topological polar surface area (TPSA) is 114 Å². The number of hydrogen-bond acceptors (Lipinski definition) is 7. The van der Waals surface area contributed by atoms with Crippen LogP contribution in [0.1, 0.15) is 12.5 Å². The number of halogens is 3. The summed E-state index contributed by atoms with van der Waals surface area (Å²) in [6.07, 6.45) is 1.50. The first-order valence-electron chi connectivity index (χ1n) is 12.1. The first kappa shape index (κ1) is 30.1. The van der Waals surface area contributed by atoms with Crippen LogP contribution in [0.15, 0.2) is 70.0 Å². The molecule has 1 fully saturated rings. The number of nitrogens with zero attached hydrogens (tertiary/aromatic N) is 1. The Balaban J connectivity index is 1.45. The van der Waals surface area contributed by atoms with E-state index in [4.69, 9.17) is 21.1 Å². The summed E-state index contributed by atoms with van der Waals surface area (Å²) in [5.41, 5.74) is 1.29. The maximum absolute atomic E-state index is 13.1. The van der Waals surface area contributed by atoms with Crippen molar-refractivity contribution in [3.8, 4) is 11.5 Å². The zero-order chi connectivity index (χ0) is 29.5. The Morgan fingerprint density at radius 1 is 1.05 bits per heavy atom. The first-order valence-corrected chi connectivity index (χ1v) is 14.1. The minimum absolute atomic E-state index is 0.113. The maximum Gasteiger partial charge on any atom is 0.294 e. The van der Waals surface area contributed by atoms with Gasteiger partial charge in [-0.3, -0.25) is 24.1 Å². The third-order valence-corrected chi connectivity index (χ3v) is 7.25. The van der Waals surface area contributed by atoms with Crippen molar-refractivity contribution in [2.24, 2.45) is 0 Å². The van der Waals surface area contributed by atoms with E-state index in [1.54, 1.807) is 43.3 Å². The van der Waals surface area contributed by atoms with E-state index in [-0.39, 0.29) is 23.9 Å². The minimum Gasteiger partial charge on any atom is -0.490 e. The van der Waals surface area contributed by atoms with Crippen molar-refractivity contribution in [2.75, 3.05) is 30.4 Å². The van der Waals surface area contributed by atoms with Gasteiger partial charge in [-0.25, -0.2) is 4.39 Å². The van der Waals surface area contributed by atoms with Crippen LogP contribution < -0.4 is 20.1 Å². The molecule has 0 bridgehead atoms. The summed E-state index contributed by atoms with van der Waals surface area (Å²) in [6, 6.07) is 15.1. The fourth-order valence-corrected chi connectivity index (χ4v) is 5.22. The number of thioether (sulfide) groups is 1. The summed E-state index contributed by atoms with van der Waals surface area (Å²) in [7, 11) is 0. The summed E-state index contributed by atoms with van der Waals surface area (Å²) >= 11 is 10.2. The SMILES string of the molecule is CCOc1cc(/C=C2/SC(=O)N(CC(=O)Nc3ccccc3Cl)C2=O)cc(Br)c1OCC(=O)Nc1ccc(F)cc1. The van der Waals surface area contributed by atoms with Crippen LogP contribution in [0.5, 0.6) is 11.5 Å². The van der Waals surface area contributed by atoms with Crippen LogP contribution in [0.25, 0.3) is 6.08 Å². The van der Waals surface area contributed by atoms with Crippen molar-refractivity contribution < 1.29 is 33.0 Å². The summed E-state index contributed by atoms with van der Waals surface area (Å²) in [6.45, 7) is 1.22. The highest BCUT2D eigenvalue weighted by atomic mass is 79.9. The molecule has 0 radical (unpaired) electrons. The van der Waals surface area contributed by atoms with E-state index in [0.717, 1.165) is 4.90 Å². The molecule has 13 heteroatoms. The molecule has 9 nitrogen and oxygen atoms in total. The summed E-state index contributed by atoms with van der Waals surface area (Å²) in [4.78, 5) is 51.3. The van der Waals surface area contributed by atoms with E-state index in [9.17, 15) is 23.6 Å². The van der Waals surface area contributed by atoms with Gasteiger partial charge in [-0.2, -0.15) is 0 Å². The van der Waals surface area contributed by atoms with E-state index in [1.807, 2.05) is 0 Å². The number of rotatable bonds is 10. The average molecular weight is 663 g/mol. The van der Waals surface area contributed by atoms with Gasteiger partial charge in [-0.15, -0.1) is 0 Å². The van der Waals surface area contributed by atoms with E-state index in [2.05, 4.69) is 26.6 Å². The van der Waals surface area contributed by atoms with Crippen molar-refractivity contribution in [1.29, 1.82) is 0 Å². The molecule has 1 aliphatic heterocycles. The van der Waals surface area contributed by atoms with Crippen LogP contribution in [0.4, 0.5) is 20.6 Å². The van der Waals surface area contributed by atoms with Crippen molar-refractivity contribution in [2.45, 2.75) is 6.92 Å². The van der Waals surface area contributed by atoms with Gasteiger partial charge in [0.1, 0.15) is 12.4 Å². The fraction of sp³-hybridized carbons (Fsp3) is 0.143. The standard InChI is InChI=1S/C28H22BrClFN3O6S/c1-2-39-22-12-16(11-19(29)26(22)40-15-25(36)32-18-9-7-17(31)8-10-18)13-23-27(37)34(28(38)41-23)14-24(35)33-21-6-4-3-5-20(21)30/h3-13H,2,14-15H2,1H3,(H,32,36)(H,33,35)/b23-13+. The Morgan fingerprint density at radius 2 is 1.78 bits per heavy atom. The lowest BCUT2D eigenvalue weighted by molar-refractivity contribution is -0.127. The van der Waals surface area contributed by atoms with Gasteiger partial charge in [0.15, 0.2) is 18.1 Å². The summed E-state index contributed by atoms with van der Waals surface area (Å²) in [5, 5.41) is 4.93. The second-order valence-corrected chi connectivity index (χ2v) is 10.7. The van der Waals surface area contributed by atoms with Gasteiger partial charge >= 0.3 is 0 Å². The molecule has 0 atom stereocenters. The number of carbonyl (C=O) groups is 4. The second kappa shape index (κ2) is 13.7. The molecule has 0 aromatic heterocycles. The molecule has 0 spiro atoms. The van der Waals surface area contributed by atoms with Gasteiger partial charge in [0, 0.05) is 5.69 Å². The normalized spacial score (nSPS) is 13.9. The Labute approximate surface area is 252 Å². The zero-order valence-electron chi connectivity index (χ0n) is 21.4. The molecule has 41 heavy (non-hydrogen) atoms. The Kier molecular flexibility index (Phi) is 10.0. The molecule has 0 aliphatic carbocycles. The third kappa shape index (κ3) is 7.87. The van der Waals surface area contributed by atoms with E-state index < -0.39 is 35.3 Å². The lowest BCUT2D eigenvalue weighted by Crippen LogP contribution is -2.36. The van der Waals surface area contributed by atoms with E-state index in [1.165, 1.54) is 30.3 Å². The van der Waals surface area contributed by atoms with Crippen LogP contribution in [0.3, 0.4) is 0 Å². The molecular formula is C28H22BrClFN3O6S. The van der Waals surface area contributed by atoms with Crippen molar-refractivity contribution in [3.63, 3.8) is 0 Å². The van der Waals surface area contributed by atoms with Crippen molar-refractivity contribution in [1.82, 2.24) is 4.90 Å². The van der Waals surface area contributed by atoms with Gasteiger partial charge in [0.05, 0.1) is 26.7 Å². The number of benzene rings is 3. The van der Waals surface area contributed by atoms with E-state index in [0.29, 0.717) is 43.9 Å². The molecule has 1 aliphatic rings. The molecule has 3 aromatic rings. The van der Waals surface area contributed by atoms with Gasteiger partial charge in [0.2, 0.25) is 5.91 Å². The monoisotopic (exact) mass is 661 g/mol. The molecule has 212 valence electrons. The Bertz CT molecular complexity index is 1540. The van der Waals surface area contributed by atoms with Crippen LogP contribution >= 0.6 is 39.3 Å². The van der Waals surface area contributed by atoms with Crippen molar-refractivity contribution >= 4 is 79.7 Å². The van der Waals surface area contributed by atoms with Crippen molar-refractivity contribution in [3.05, 3.63) is 86.4 Å². The minimum atomic E-state index is -0.624. The molecule has 3 aromatic carbocycles. The maximum atomic E-state index is 13.1. The highest BCUT2D eigenvalue weighted by Crippen LogP contribution is 2.39. The van der Waals surface area contributed by atoms with Gasteiger partial charge in [-0.1, -0.05) is 23.7 Å². The quantitative estimate of drug-likeness (QED) is 0.244. The molecular weight excluding hydrogens is 641 g/mol. The van der Waals surface area contributed by atoms with Crippen LogP contribution in [-0.4, -0.2) is 47.6 Å². The number of anilines is 2. The van der Waals surface area contributed by atoms with Crippen LogP contribution in [0.2, 0.25) is 5.02 Å². The predicted molar refractivity (Wildman–Crippen MR) is 159 cm³/mol. The lowest BCUT2D eigenvalue weighted by atomic mass is 10.2. The molecule has 2 N–H and O–H groups in total. The molecule has 0 unspecified atom stereocenters. The molecule has 1 saturated heterocycles. The number of ether oxygens (including phenoxy) is 2. The highest BCUT2D eigenvalue weighted by Gasteiger charge is 2.36. The molecule has 4 rings (SSSR count). The molecule has 1 heterocycles. The number of hydrogen-bond donors (Lipinski definition) is 2. The highest BCUT2D eigenvalue weighted by molar-refractivity contribution is 9.10. The smallest absolute Gasteiger partial charge is 0.294 e. The largest absolute Gasteiger partial charge is 0.490 e. The van der Waals surface area contributed by atoms with Crippen LogP contribution in [0, 0.1) is 5.82 Å². The zero-order valence-corrected chi connectivity index (χ0v) is 24.6. The molecule has 0 saturated carbocycles. The summed E-state index contributed by atoms with van der Waals surface area (Å²) in [5.74, 6) is -1.55. The number of carbonyl (C=O) groups excluding carboxylic acids is 4. The fourth-order valence-electron chi connectivity index (χ4n) is 3.63. The van der Waals surface area contributed by atoms with Gasteiger partial charge < -0.3 is 20.1 Å². The van der Waals surface area contributed by atoms with E-state index >= 15 is 0 Å². The lowest BCUT2D eigenvalue weighted by Gasteiger charge is -2.15. The number of nitrogens with one attached hydrogen (secondary N) is 2. The first-order chi connectivity index (χ1) is 19.6. The number of imide groups is 1. The third-order valence-electron chi connectivity index (χ3n) is 5.43. The number of para-hydroxylation sites is 1. The Morgan fingerprint density at radius 3 is 2.49 bits per heavy atom. The Hall–Kier alpha value is -3.87. The summed E-state index contributed by atoms with van der Waals surface area (Å²) < 4.78 is 24.9. The predicted octanol–water partition coefficient (Wildman–Crippen LogP) is 6.33. The van der Waals surface area contributed by atoms with Crippen LogP contribution in [-0.2, 0) is 14.4 Å². The van der Waals surface area contributed by atoms with Gasteiger partial charge in [0.25, 0.3) is 17.1 Å². The van der Waals surface area contributed by atoms with Gasteiger partial charge in [-0.05, 0) is 94.8 Å². The number of amides is 4.